The largest absolute Gasteiger partial charge is 0.472 e. The number of quaternary nitrogens is 1. The minimum Gasteiger partial charge on any atom is -0.387 e. The first-order valence-corrected chi connectivity index (χ1v) is 24.5. The highest BCUT2D eigenvalue weighted by Gasteiger charge is 2.27. The fraction of sp³-hybridized carbons (Fsp3) is 0.809. The van der Waals surface area contributed by atoms with Crippen LogP contribution in [0.3, 0.4) is 0 Å². The summed E-state index contributed by atoms with van der Waals surface area (Å²) in [6, 6.07) is -0.872. The maximum Gasteiger partial charge on any atom is 0.472 e. The van der Waals surface area contributed by atoms with Gasteiger partial charge in [-0.3, -0.25) is 13.8 Å². The predicted octanol–water partition coefficient (Wildman–Crippen LogP) is 12.9. The van der Waals surface area contributed by atoms with Crippen molar-refractivity contribution in [2.24, 2.45) is 0 Å². The van der Waals surface area contributed by atoms with Gasteiger partial charge in [0.25, 0.3) is 0 Å². The topological polar surface area (TPSA) is 105 Å². The van der Waals surface area contributed by atoms with E-state index in [-0.39, 0.29) is 19.1 Å². The van der Waals surface area contributed by atoms with E-state index in [1.54, 1.807) is 6.08 Å². The Morgan fingerprint density at radius 3 is 1.50 bits per heavy atom. The van der Waals surface area contributed by atoms with Gasteiger partial charge in [0.15, 0.2) is 0 Å². The third-order valence-electron chi connectivity index (χ3n) is 9.98. The number of amides is 1. The van der Waals surface area contributed by atoms with Gasteiger partial charge in [-0.15, -0.1) is 0 Å². The van der Waals surface area contributed by atoms with Gasteiger partial charge in [-0.2, -0.15) is 0 Å². The van der Waals surface area contributed by atoms with Gasteiger partial charge in [0.1, 0.15) is 13.2 Å². The molecule has 0 rings (SSSR count). The van der Waals surface area contributed by atoms with Gasteiger partial charge in [0.2, 0.25) is 5.91 Å². The molecule has 0 aromatic rings. The van der Waals surface area contributed by atoms with E-state index in [2.05, 4.69) is 55.6 Å². The highest BCUT2D eigenvalue weighted by Crippen LogP contribution is 2.43. The van der Waals surface area contributed by atoms with Crippen LogP contribution in [-0.2, 0) is 18.4 Å². The standard InChI is InChI=1S/C47H89N2O6P/c1-6-8-10-12-14-16-18-19-20-21-22-23-24-25-26-27-28-29-30-31-32-34-36-38-40-46(50)45(44-55-56(52,53)54-43-42-49(3,4)5)48-47(51)41-39-37-35-33-17-15-13-11-9-7-2/h11,13,27-28,31-32,38,40,45-46,50H,6-10,12,14-26,29-30,33-37,39,41-44H2,1-5H3,(H-,48,51,52,53)/p+1/b13-11-,28-27+,32-31+,40-38+. The van der Waals surface area contributed by atoms with Crippen LogP contribution >= 0.6 is 7.82 Å². The Hall–Kier alpha value is -1.54. The molecule has 0 aromatic heterocycles. The Labute approximate surface area is 346 Å². The van der Waals surface area contributed by atoms with E-state index in [9.17, 15) is 19.4 Å². The second-order valence-corrected chi connectivity index (χ2v) is 18.2. The monoisotopic (exact) mass is 810 g/mol. The Kier molecular flexibility index (Phi) is 37.9. The van der Waals surface area contributed by atoms with E-state index < -0.39 is 20.0 Å². The third kappa shape index (κ3) is 40.6. The number of hydrogen-bond acceptors (Lipinski definition) is 5. The van der Waals surface area contributed by atoms with E-state index in [1.165, 1.54) is 103 Å². The van der Waals surface area contributed by atoms with Crippen LogP contribution in [-0.4, -0.2) is 73.4 Å². The fourth-order valence-corrected chi connectivity index (χ4v) is 7.05. The van der Waals surface area contributed by atoms with E-state index in [0.717, 1.165) is 70.6 Å². The molecule has 328 valence electrons. The molecule has 0 radical (unpaired) electrons. The molecule has 0 saturated heterocycles. The molecule has 0 fully saturated rings. The van der Waals surface area contributed by atoms with E-state index >= 15 is 0 Å². The number of phosphoric acid groups is 1. The fourth-order valence-electron chi connectivity index (χ4n) is 6.31. The lowest BCUT2D eigenvalue weighted by atomic mass is 10.0. The Balaban J connectivity index is 4.37. The molecule has 0 aliphatic carbocycles. The number of likely N-dealkylation sites (N-methyl/N-ethyl adjacent to an activating group) is 1. The molecule has 3 unspecified atom stereocenters. The zero-order chi connectivity index (χ0) is 41.4. The number of unbranched alkanes of at least 4 members (excludes halogenated alkanes) is 22. The number of hydrogen-bond donors (Lipinski definition) is 3. The summed E-state index contributed by atoms with van der Waals surface area (Å²) in [5.74, 6) is -0.205. The molecule has 0 spiro atoms. The van der Waals surface area contributed by atoms with Crippen LogP contribution in [0.4, 0.5) is 0 Å². The summed E-state index contributed by atoms with van der Waals surface area (Å²) >= 11 is 0. The molecule has 9 heteroatoms. The van der Waals surface area contributed by atoms with E-state index in [1.807, 2.05) is 27.2 Å². The lowest BCUT2D eigenvalue weighted by molar-refractivity contribution is -0.870. The minimum atomic E-state index is -4.35. The number of aliphatic hydroxyl groups is 1. The number of rotatable bonds is 41. The van der Waals surface area contributed by atoms with Gasteiger partial charge < -0.3 is 19.8 Å². The van der Waals surface area contributed by atoms with Crippen molar-refractivity contribution in [2.75, 3.05) is 40.9 Å². The number of phosphoric ester groups is 1. The molecule has 0 aromatic carbocycles. The summed E-state index contributed by atoms with van der Waals surface area (Å²) in [7, 11) is 1.53. The maximum absolute atomic E-state index is 12.8. The van der Waals surface area contributed by atoms with E-state index in [4.69, 9.17) is 9.05 Å². The summed E-state index contributed by atoms with van der Waals surface area (Å²) in [5, 5.41) is 13.8. The van der Waals surface area contributed by atoms with Gasteiger partial charge in [-0.1, -0.05) is 172 Å². The number of nitrogens with one attached hydrogen (secondary N) is 1. The molecule has 3 atom stereocenters. The summed E-state index contributed by atoms with van der Waals surface area (Å²) in [4.78, 5) is 23.0. The number of carbonyl (C=O) groups excluding carboxylic acids is 1. The summed E-state index contributed by atoms with van der Waals surface area (Å²) in [5.41, 5.74) is 0. The second-order valence-electron chi connectivity index (χ2n) is 16.8. The average Bonchev–Trinajstić information content (AvgIpc) is 3.15. The molecule has 56 heavy (non-hydrogen) atoms. The zero-order valence-electron chi connectivity index (χ0n) is 37.1. The van der Waals surface area contributed by atoms with Crippen LogP contribution in [0, 0.1) is 0 Å². The smallest absolute Gasteiger partial charge is 0.387 e. The van der Waals surface area contributed by atoms with Gasteiger partial charge in [0, 0.05) is 6.42 Å². The molecular formula is C47H90N2O6P+. The average molecular weight is 810 g/mol. The Morgan fingerprint density at radius 1 is 0.589 bits per heavy atom. The van der Waals surface area contributed by atoms with Crippen molar-refractivity contribution in [2.45, 2.75) is 206 Å². The Morgan fingerprint density at radius 2 is 1.02 bits per heavy atom. The first-order chi connectivity index (χ1) is 27.0. The maximum atomic E-state index is 12.8. The van der Waals surface area contributed by atoms with Crippen molar-refractivity contribution in [1.82, 2.24) is 5.32 Å². The van der Waals surface area contributed by atoms with Crippen molar-refractivity contribution in [3.63, 3.8) is 0 Å². The number of allylic oxidation sites excluding steroid dienone is 7. The predicted molar refractivity (Wildman–Crippen MR) is 240 cm³/mol. The summed E-state index contributed by atoms with van der Waals surface area (Å²) in [6.07, 6.45) is 49.2. The summed E-state index contributed by atoms with van der Waals surface area (Å²) in [6.45, 7) is 4.70. The molecule has 0 saturated carbocycles. The van der Waals surface area contributed by atoms with Crippen LogP contribution in [0.1, 0.15) is 194 Å². The SMILES string of the molecule is CCC/C=C\CCCCCCCC(=O)NC(COP(=O)(O)OCC[N+](C)(C)C)C(O)/C=C/CC/C=C/CC/C=C/CCCCCCCCCCCCCCCC. The van der Waals surface area contributed by atoms with Crippen LogP contribution in [0.25, 0.3) is 0 Å². The molecular weight excluding hydrogens is 719 g/mol. The molecule has 0 aliphatic rings. The van der Waals surface area contributed by atoms with Crippen molar-refractivity contribution in [3.05, 3.63) is 48.6 Å². The molecule has 3 N–H and O–H groups in total. The van der Waals surface area contributed by atoms with E-state index in [0.29, 0.717) is 17.4 Å². The van der Waals surface area contributed by atoms with Crippen molar-refractivity contribution in [1.29, 1.82) is 0 Å². The van der Waals surface area contributed by atoms with Gasteiger partial charge in [0.05, 0.1) is 39.9 Å². The van der Waals surface area contributed by atoms with Crippen molar-refractivity contribution >= 4 is 13.7 Å². The van der Waals surface area contributed by atoms with Crippen LogP contribution in [0.5, 0.6) is 0 Å². The zero-order valence-corrected chi connectivity index (χ0v) is 38.0. The second kappa shape index (κ2) is 38.9. The molecule has 0 aliphatic heterocycles. The van der Waals surface area contributed by atoms with Gasteiger partial charge in [-0.25, -0.2) is 4.57 Å². The van der Waals surface area contributed by atoms with Crippen LogP contribution in [0.2, 0.25) is 0 Å². The van der Waals surface area contributed by atoms with Crippen molar-refractivity contribution in [3.8, 4) is 0 Å². The number of nitrogens with zero attached hydrogens (tertiary/aromatic N) is 1. The molecule has 0 heterocycles. The third-order valence-corrected chi connectivity index (χ3v) is 11.0. The lowest BCUT2D eigenvalue weighted by Crippen LogP contribution is -2.45. The van der Waals surface area contributed by atoms with Gasteiger partial charge >= 0.3 is 7.82 Å². The highest BCUT2D eigenvalue weighted by atomic mass is 31.2. The first kappa shape index (κ1) is 54.5. The quantitative estimate of drug-likeness (QED) is 0.0246. The molecule has 8 nitrogen and oxygen atoms in total. The normalized spacial score (nSPS) is 14.8. The summed E-state index contributed by atoms with van der Waals surface area (Å²) < 4.78 is 23.5. The first-order valence-electron chi connectivity index (χ1n) is 23.0. The lowest BCUT2D eigenvalue weighted by Gasteiger charge is -2.25. The van der Waals surface area contributed by atoms with Crippen LogP contribution in [0.15, 0.2) is 48.6 Å². The highest BCUT2D eigenvalue weighted by molar-refractivity contribution is 7.47. The van der Waals surface area contributed by atoms with Gasteiger partial charge in [-0.05, 0) is 64.2 Å². The molecule has 0 bridgehead atoms. The number of carbonyl (C=O) groups is 1. The van der Waals surface area contributed by atoms with Crippen LogP contribution < -0.4 is 5.32 Å². The van der Waals surface area contributed by atoms with Crippen molar-refractivity contribution < 1.29 is 32.9 Å². The number of aliphatic hydroxyl groups excluding tert-OH is 1. The minimum absolute atomic E-state index is 0.0507. The Bertz CT molecular complexity index is 1050. The molecule has 1 amide bonds.